The SMILES string of the molecule is C[C@@H]1CN(CCCc2ccc(C(C)(C)C)cc2)C[C@H](C)O1. The van der Waals surface area contributed by atoms with E-state index >= 15 is 0 Å². The average Bonchev–Trinajstić information content (AvgIpc) is 2.37. The molecule has 1 aromatic rings. The monoisotopic (exact) mass is 289 g/mol. The van der Waals surface area contributed by atoms with Crippen LogP contribution >= 0.6 is 0 Å². The van der Waals surface area contributed by atoms with Gasteiger partial charge in [-0.3, -0.25) is 4.90 Å². The second-order valence-corrected chi connectivity index (χ2v) is 7.57. The molecule has 118 valence electrons. The van der Waals surface area contributed by atoms with Crippen LogP contribution in [0.1, 0.15) is 52.2 Å². The first-order valence-corrected chi connectivity index (χ1v) is 8.32. The van der Waals surface area contributed by atoms with Gasteiger partial charge in [0.25, 0.3) is 0 Å². The minimum Gasteiger partial charge on any atom is -0.373 e. The van der Waals surface area contributed by atoms with Gasteiger partial charge in [0.2, 0.25) is 0 Å². The van der Waals surface area contributed by atoms with E-state index in [1.54, 1.807) is 0 Å². The zero-order chi connectivity index (χ0) is 15.5. The Bertz CT molecular complexity index is 422. The molecule has 1 fully saturated rings. The normalized spacial score (nSPS) is 24.2. The van der Waals surface area contributed by atoms with Crippen molar-refractivity contribution in [1.82, 2.24) is 4.90 Å². The van der Waals surface area contributed by atoms with Crippen molar-refractivity contribution in [3.05, 3.63) is 35.4 Å². The van der Waals surface area contributed by atoms with E-state index in [0.717, 1.165) is 13.1 Å². The molecule has 1 saturated heterocycles. The summed E-state index contributed by atoms with van der Waals surface area (Å²) in [4.78, 5) is 2.54. The van der Waals surface area contributed by atoms with Crippen molar-refractivity contribution in [2.45, 2.75) is 65.1 Å². The highest BCUT2D eigenvalue weighted by molar-refractivity contribution is 5.27. The highest BCUT2D eigenvalue weighted by Gasteiger charge is 2.21. The number of aryl methyl sites for hydroxylation is 1. The van der Waals surface area contributed by atoms with Crippen LogP contribution in [0, 0.1) is 0 Å². The zero-order valence-electron chi connectivity index (χ0n) is 14.4. The van der Waals surface area contributed by atoms with Gasteiger partial charge in [0.05, 0.1) is 12.2 Å². The van der Waals surface area contributed by atoms with Crippen molar-refractivity contribution in [2.75, 3.05) is 19.6 Å². The maximum Gasteiger partial charge on any atom is 0.0678 e. The molecule has 0 unspecified atom stereocenters. The largest absolute Gasteiger partial charge is 0.373 e. The van der Waals surface area contributed by atoms with Gasteiger partial charge in [-0.25, -0.2) is 0 Å². The van der Waals surface area contributed by atoms with Crippen molar-refractivity contribution in [1.29, 1.82) is 0 Å². The number of nitrogens with zero attached hydrogens (tertiary/aromatic N) is 1. The Labute approximate surface area is 130 Å². The summed E-state index contributed by atoms with van der Waals surface area (Å²) in [5.41, 5.74) is 3.12. The fraction of sp³-hybridized carbons (Fsp3) is 0.684. The van der Waals surface area contributed by atoms with E-state index in [9.17, 15) is 0 Å². The number of benzene rings is 1. The van der Waals surface area contributed by atoms with Gasteiger partial charge < -0.3 is 4.74 Å². The van der Waals surface area contributed by atoms with E-state index in [-0.39, 0.29) is 5.41 Å². The molecule has 0 bridgehead atoms. The highest BCUT2D eigenvalue weighted by Crippen LogP contribution is 2.22. The Morgan fingerprint density at radius 1 is 1.05 bits per heavy atom. The van der Waals surface area contributed by atoms with Gasteiger partial charge in [0.1, 0.15) is 0 Å². The minimum atomic E-state index is 0.249. The molecule has 2 rings (SSSR count). The lowest BCUT2D eigenvalue weighted by Gasteiger charge is -2.35. The molecule has 1 aliphatic rings. The maximum absolute atomic E-state index is 5.78. The summed E-state index contributed by atoms with van der Waals surface area (Å²) in [6.07, 6.45) is 3.15. The third-order valence-electron chi connectivity index (χ3n) is 4.25. The summed E-state index contributed by atoms with van der Waals surface area (Å²) >= 11 is 0. The van der Waals surface area contributed by atoms with Crippen LogP contribution in [0.15, 0.2) is 24.3 Å². The van der Waals surface area contributed by atoms with E-state index in [1.165, 1.54) is 30.5 Å². The topological polar surface area (TPSA) is 12.5 Å². The molecule has 0 radical (unpaired) electrons. The summed E-state index contributed by atoms with van der Waals surface area (Å²) < 4.78 is 5.78. The highest BCUT2D eigenvalue weighted by atomic mass is 16.5. The molecule has 1 aromatic carbocycles. The van der Waals surface area contributed by atoms with Gasteiger partial charge in [-0.05, 0) is 49.8 Å². The Kier molecular flexibility index (Phi) is 5.45. The van der Waals surface area contributed by atoms with Crippen LogP contribution < -0.4 is 0 Å². The predicted octanol–water partition coefficient (Wildman–Crippen LogP) is 4.03. The van der Waals surface area contributed by atoms with Gasteiger partial charge in [-0.2, -0.15) is 0 Å². The molecule has 0 amide bonds. The molecular formula is C19H31NO. The van der Waals surface area contributed by atoms with Gasteiger partial charge in [0.15, 0.2) is 0 Å². The van der Waals surface area contributed by atoms with Gasteiger partial charge in [0, 0.05) is 13.1 Å². The quantitative estimate of drug-likeness (QED) is 0.830. The van der Waals surface area contributed by atoms with Crippen molar-refractivity contribution < 1.29 is 4.74 Å². The molecule has 0 aliphatic carbocycles. The smallest absolute Gasteiger partial charge is 0.0678 e. The molecule has 0 saturated carbocycles. The summed E-state index contributed by atoms with van der Waals surface area (Å²) in [5.74, 6) is 0. The first kappa shape index (κ1) is 16.5. The van der Waals surface area contributed by atoms with E-state index in [1.807, 2.05) is 0 Å². The molecule has 2 nitrogen and oxygen atoms in total. The second-order valence-electron chi connectivity index (χ2n) is 7.57. The molecule has 21 heavy (non-hydrogen) atoms. The molecule has 0 aromatic heterocycles. The molecule has 2 heteroatoms. The number of morpholine rings is 1. The van der Waals surface area contributed by atoms with Crippen molar-refractivity contribution >= 4 is 0 Å². The van der Waals surface area contributed by atoms with Gasteiger partial charge in [-0.1, -0.05) is 45.0 Å². The lowest BCUT2D eigenvalue weighted by atomic mass is 9.86. The first-order valence-electron chi connectivity index (χ1n) is 8.32. The van der Waals surface area contributed by atoms with Gasteiger partial charge >= 0.3 is 0 Å². The van der Waals surface area contributed by atoms with Crippen LogP contribution in [-0.2, 0) is 16.6 Å². The first-order chi connectivity index (χ1) is 9.84. The molecule has 0 N–H and O–H groups in total. The van der Waals surface area contributed by atoms with Crippen molar-refractivity contribution in [3.8, 4) is 0 Å². The average molecular weight is 289 g/mol. The van der Waals surface area contributed by atoms with E-state index in [2.05, 4.69) is 63.8 Å². The van der Waals surface area contributed by atoms with E-state index < -0.39 is 0 Å². The molecule has 1 heterocycles. The zero-order valence-corrected chi connectivity index (χ0v) is 14.4. The lowest BCUT2D eigenvalue weighted by Crippen LogP contribution is -2.45. The van der Waals surface area contributed by atoms with Crippen LogP contribution in [0.25, 0.3) is 0 Å². The van der Waals surface area contributed by atoms with Crippen LogP contribution in [0.3, 0.4) is 0 Å². The molecule has 1 aliphatic heterocycles. The number of hydrogen-bond donors (Lipinski definition) is 0. The van der Waals surface area contributed by atoms with Crippen molar-refractivity contribution in [2.24, 2.45) is 0 Å². The fourth-order valence-corrected chi connectivity index (χ4v) is 3.15. The van der Waals surface area contributed by atoms with Gasteiger partial charge in [-0.15, -0.1) is 0 Å². The van der Waals surface area contributed by atoms with Crippen LogP contribution in [0.5, 0.6) is 0 Å². The summed E-state index contributed by atoms with van der Waals surface area (Å²) in [5, 5.41) is 0. The van der Waals surface area contributed by atoms with E-state index in [4.69, 9.17) is 4.74 Å². The molecule has 2 atom stereocenters. The van der Waals surface area contributed by atoms with Crippen LogP contribution in [0.2, 0.25) is 0 Å². The summed E-state index contributed by atoms with van der Waals surface area (Å²) in [7, 11) is 0. The number of rotatable bonds is 4. The second kappa shape index (κ2) is 6.93. The fourth-order valence-electron chi connectivity index (χ4n) is 3.15. The molecule has 0 spiro atoms. The van der Waals surface area contributed by atoms with E-state index in [0.29, 0.717) is 12.2 Å². The predicted molar refractivity (Wildman–Crippen MR) is 89.9 cm³/mol. The van der Waals surface area contributed by atoms with Crippen LogP contribution in [-0.4, -0.2) is 36.7 Å². The Hall–Kier alpha value is -0.860. The summed E-state index contributed by atoms with van der Waals surface area (Å²) in [6, 6.07) is 9.17. The summed E-state index contributed by atoms with van der Waals surface area (Å²) in [6.45, 7) is 14.5. The van der Waals surface area contributed by atoms with Crippen molar-refractivity contribution in [3.63, 3.8) is 0 Å². The maximum atomic E-state index is 5.78. The molecular weight excluding hydrogens is 258 g/mol. The third-order valence-corrected chi connectivity index (χ3v) is 4.25. The third kappa shape index (κ3) is 5.12. The Balaban J connectivity index is 1.78. The Morgan fingerprint density at radius 3 is 2.14 bits per heavy atom. The number of ether oxygens (including phenoxy) is 1. The minimum absolute atomic E-state index is 0.249. The Morgan fingerprint density at radius 2 is 1.62 bits per heavy atom. The standard InChI is InChI=1S/C19H31NO/c1-15-13-20(14-16(2)21-15)12-6-7-17-8-10-18(11-9-17)19(3,4)5/h8-11,15-16H,6-7,12-14H2,1-5H3/t15-,16+. The lowest BCUT2D eigenvalue weighted by molar-refractivity contribution is -0.0680. The number of hydrogen-bond acceptors (Lipinski definition) is 2. The van der Waals surface area contributed by atoms with Crippen LogP contribution in [0.4, 0.5) is 0 Å².